The number of fused-ring (bicyclic) bond motifs is 1. The van der Waals surface area contributed by atoms with Crippen molar-refractivity contribution in [3.8, 4) is 11.3 Å². The fraction of sp³-hybridized carbons (Fsp3) is 0.400. The third-order valence-electron chi connectivity index (χ3n) is 13.5. The number of anilines is 3. The fourth-order valence-electron chi connectivity index (χ4n) is 9.56. The van der Waals surface area contributed by atoms with Crippen molar-refractivity contribution in [3.05, 3.63) is 118 Å². The van der Waals surface area contributed by atoms with Gasteiger partial charge in [0, 0.05) is 68.7 Å². The summed E-state index contributed by atoms with van der Waals surface area (Å²) >= 11 is 0. The number of hydrogen-bond donors (Lipinski definition) is 3. The molecule has 3 saturated heterocycles. The summed E-state index contributed by atoms with van der Waals surface area (Å²) in [5.41, 5.74) is 6.55. The van der Waals surface area contributed by atoms with Crippen molar-refractivity contribution in [1.29, 1.82) is 0 Å². The maximum Gasteiger partial charge on any atom is 0.262 e. The summed E-state index contributed by atoms with van der Waals surface area (Å²) in [6, 6.07) is 17.8. The molecule has 1 atom stereocenters. The molecule has 2 aromatic heterocycles. The van der Waals surface area contributed by atoms with E-state index in [4.69, 9.17) is 0 Å². The van der Waals surface area contributed by atoms with E-state index in [9.17, 15) is 24.0 Å². The van der Waals surface area contributed by atoms with Crippen LogP contribution >= 0.6 is 0 Å². The summed E-state index contributed by atoms with van der Waals surface area (Å²) in [5, 5.41) is 13.1. The van der Waals surface area contributed by atoms with E-state index in [1.54, 1.807) is 24.4 Å². The Bertz CT molecular complexity index is 2700. The van der Waals surface area contributed by atoms with E-state index in [2.05, 4.69) is 61.6 Å². The number of nitrogens with zero attached hydrogens (tertiary/aromatic N) is 7. The van der Waals surface area contributed by atoms with Crippen LogP contribution in [-0.2, 0) is 21.5 Å². The lowest BCUT2D eigenvalue weighted by molar-refractivity contribution is -0.136. The lowest BCUT2D eigenvalue weighted by Gasteiger charge is -2.38. The van der Waals surface area contributed by atoms with E-state index in [0.717, 1.165) is 85.7 Å². The first-order valence-electron chi connectivity index (χ1n) is 22.8. The zero-order valence-electron chi connectivity index (χ0n) is 37.8. The number of halogens is 1. The van der Waals surface area contributed by atoms with Gasteiger partial charge in [0.05, 0.1) is 35.2 Å². The van der Waals surface area contributed by atoms with Gasteiger partial charge in [-0.05, 0) is 103 Å². The number of carbonyl (C=O) groups is 5. The van der Waals surface area contributed by atoms with Gasteiger partial charge >= 0.3 is 0 Å². The topological polar surface area (TPSA) is 175 Å². The molecule has 1 unspecified atom stereocenters. The summed E-state index contributed by atoms with van der Waals surface area (Å²) in [6.45, 7) is 13.3. The molecule has 3 aromatic carbocycles. The molecule has 5 aromatic rings. The smallest absolute Gasteiger partial charge is 0.262 e. The third-order valence-corrected chi connectivity index (χ3v) is 13.5. The normalized spacial score (nSPS) is 18.7. The number of amides is 5. The molecule has 0 saturated carbocycles. The zero-order chi connectivity index (χ0) is 46.3. The van der Waals surface area contributed by atoms with E-state index >= 15 is 4.39 Å². The second-order valence-electron chi connectivity index (χ2n) is 19.0. The number of carbonyl (C=O) groups excluding carboxylic acids is 5. The molecule has 5 amide bonds. The van der Waals surface area contributed by atoms with Crippen molar-refractivity contribution in [3.63, 3.8) is 0 Å². The number of nitrogens with one attached hydrogen (secondary N) is 3. The lowest BCUT2D eigenvalue weighted by atomic mass is 9.87. The van der Waals surface area contributed by atoms with Gasteiger partial charge in [-0.1, -0.05) is 45.0 Å². The van der Waals surface area contributed by atoms with Crippen LogP contribution in [0, 0.1) is 18.7 Å². The van der Waals surface area contributed by atoms with Crippen molar-refractivity contribution < 1.29 is 28.4 Å². The zero-order valence-corrected chi connectivity index (χ0v) is 37.8. The van der Waals surface area contributed by atoms with Gasteiger partial charge in [-0.25, -0.2) is 14.4 Å². The van der Waals surface area contributed by atoms with E-state index in [-0.39, 0.29) is 41.8 Å². The Morgan fingerprint density at radius 2 is 1.61 bits per heavy atom. The van der Waals surface area contributed by atoms with Gasteiger partial charge in [0.25, 0.3) is 17.7 Å². The fourth-order valence-corrected chi connectivity index (χ4v) is 9.56. The van der Waals surface area contributed by atoms with E-state index in [1.165, 1.54) is 6.20 Å². The highest BCUT2D eigenvalue weighted by Crippen LogP contribution is 2.34. The van der Waals surface area contributed by atoms with Gasteiger partial charge in [0.15, 0.2) is 5.82 Å². The SMILES string of the molecule is Cc1cc(-c2nc(Nc3cnn(C4CCN(CC5CCN(c6ccc7c(c6)C(=O)N(C6CCC(=O)NC6=O)C7=O)CC5)CC4)c3)ncc2F)ccc1CNC(=O)c1ccc(C(C)(C)C)cc1. The minimum Gasteiger partial charge on any atom is -0.371 e. The molecule has 9 rings (SSSR count). The Kier molecular flexibility index (Phi) is 12.3. The standard InChI is InChI=1S/C50H55FN10O5/c1-30-23-33(5-6-34(30)25-52-45(63)32-7-9-35(10-8-32)50(2,3)4)44-41(51)27-53-49(57-44)55-36-26-54-60(29-36)37-17-19-58(20-18-37)28-31-15-21-59(22-16-31)38-11-12-39-40(24-38)48(66)61(47(39)65)42-13-14-43(62)56-46(42)64/h5-12,23-24,26-27,29,31,37,42H,13-22,25,28H2,1-4H3,(H,52,63)(H,53,55,57)(H,56,62,64). The van der Waals surface area contributed by atoms with E-state index < -0.39 is 35.5 Å². The van der Waals surface area contributed by atoms with Crippen molar-refractivity contribution in [2.45, 2.75) is 90.3 Å². The Morgan fingerprint density at radius 1 is 0.864 bits per heavy atom. The Hall–Kier alpha value is -6.81. The first-order chi connectivity index (χ1) is 31.7. The first kappa shape index (κ1) is 44.4. The average molecular weight is 895 g/mol. The van der Waals surface area contributed by atoms with Crippen molar-refractivity contribution in [1.82, 2.24) is 40.2 Å². The monoisotopic (exact) mass is 894 g/mol. The number of benzene rings is 3. The maximum atomic E-state index is 15.2. The van der Waals surface area contributed by atoms with Gasteiger partial charge in [0.1, 0.15) is 11.7 Å². The molecule has 15 nitrogen and oxygen atoms in total. The molecule has 0 aliphatic carbocycles. The number of hydrogen-bond acceptors (Lipinski definition) is 11. The van der Waals surface area contributed by atoms with Gasteiger partial charge < -0.3 is 20.4 Å². The molecule has 3 N–H and O–H groups in total. The molecule has 0 bridgehead atoms. The summed E-state index contributed by atoms with van der Waals surface area (Å²) in [6.07, 6.45) is 9.00. The van der Waals surface area contributed by atoms with Crippen LogP contribution in [0.4, 0.5) is 21.7 Å². The highest BCUT2D eigenvalue weighted by Gasteiger charge is 2.45. The van der Waals surface area contributed by atoms with Gasteiger partial charge in [-0.2, -0.15) is 5.10 Å². The molecule has 4 aliphatic rings. The predicted molar refractivity (Wildman–Crippen MR) is 247 cm³/mol. The largest absolute Gasteiger partial charge is 0.371 e. The minimum atomic E-state index is -0.980. The van der Waals surface area contributed by atoms with Crippen LogP contribution in [0.1, 0.15) is 113 Å². The van der Waals surface area contributed by atoms with E-state index in [1.807, 2.05) is 60.3 Å². The lowest BCUT2D eigenvalue weighted by Crippen LogP contribution is -2.54. The molecule has 66 heavy (non-hydrogen) atoms. The first-order valence-corrected chi connectivity index (χ1v) is 22.8. The van der Waals surface area contributed by atoms with Gasteiger partial charge in [-0.15, -0.1) is 0 Å². The van der Waals surface area contributed by atoms with Gasteiger partial charge in [0.2, 0.25) is 17.8 Å². The average Bonchev–Trinajstić information content (AvgIpc) is 3.87. The molecule has 16 heteroatoms. The third kappa shape index (κ3) is 9.32. The number of imide groups is 2. The van der Waals surface area contributed by atoms with Crippen LogP contribution < -0.4 is 20.9 Å². The summed E-state index contributed by atoms with van der Waals surface area (Å²) in [4.78, 5) is 78.1. The quantitative estimate of drug-likeness (QED) is 0.120. The van der Waals surface area contributed by atoms with Crippen LogP contribution in [0.3, 0.4) is 0 Å². The molecular weight excluding hydrogens is 840 g/mol. The van der Waals surface area contributed by atoms with Gasteiger partial charge in [-0.3, -0.25) is 38.9 Å². The Morgan fingerprint density at radius 3 is 2.32 bits per heavy atom. The second kappa shape index (κ2) is 18.2. The number of likely N-dealkylation sites (tertiary alicyclic amines) is 1. The summed E-state index contributed by atoms with van der Waals surface area (Å²) in [5.74, 6) is -1.89. The highest BCUT2D eigenvalue weighted by molar-refractivity contribution is 6.23. The number of piperidine rings is 3. The van der Waals surface area contributed by atoms with Crippen LogP contribution in [0.2, 0.25) is 0 Å². The molecular formula is C50H55FN10O5. The number of rotatable bonds is 11. The Balaban J connectivity index is 0.736. The number of aromatic nitrogens is 4. The van der Waals surface area contributed by atoms with E-state index in [0.29, 0.717) is 40.4 Å². The maximum absolute atomic E-state index is 15.2. The molecule has 342 valence electrons. The minimum absolute atomic E-state index is 0.00344. The molecule has 3 fully saturated rings. The Labute approximate surface area is 383 Å². The van der Waals surface area contributed by atoms with Crippen LogP contribution in [-0.4, -0.2) is 97.8 Å². The van der Waals surface area contributed by atoms with Crippen molar-refractivity contribution >= 4 is 46.9 Å². The van der Waals surface area contributed by atoms with Crippen molar-refractivity contribution in [2.24, 2.45) is 5.92 Å². The molecule has 0 radical (unpaired) electrons. The molecule has 4 aliphatic heterocycles. The number of aryl methyl sites for hydroxylation is 1. The van der Waals surface area contributed by atoms with Crippen LogP contribution in [0.15, 0.2) is 79.3 Å². The van der Waals surface area contributed by atoms with Crippen molar-refractivity contribution in [2.75, 3.05) is 42.9 Å². The summed E-state index contributed by atoms with van der Waals surface area (Å²) < 4.78 is 17.1. The molecule has 0 spiro atoms. The summed E-state index contributed by atoms with van der Waals surface area (Å²) in [7, 11) is 0. The highest BCUT2D eigenvalue weighted by atomic mass is 19.1. The second-order valence-corrected chi connectivity index (χ2v) is 19.0. The van der Waals surface area contributed by atoms with Crippen LogP contribution in [0.25, 0.3) is 11.3 Å². The molecule has 6 heterocycles. The van der Waals surface area contributed by atoms with Crippen LogP contribution in [0.5, 0.6) is 0 Å². The predicted octanol–water partition coefficient (Wildman–Crippen LogP) is 6.71.